The number of hydrogen-bond donors (Lipinski definition) is 1. The van der Waals surface area contributed by atoms with Crippen molar-refractivity contribution in [2.45, 2.75) is 6.36 Å². The highest BCUT2D eigenvalue weighted by atomic mass is 79.9. The molecule has 9 heteroatoms. The molecule has 1 aromatic carbocycles. The second-order valence-corrected chi connectivity index (χ2v) is 3.56. The van der Waals surface area contributed by atoms with Crippen molar-refractivity contribution >= 4 is 27.3 Å². The highest BCUT2D eigenvalue weighted by Gasteiger charge is 2.33. The van der Waals surface area contributed by atoms with Crippen LogP contribution in [0.15, 0.2) is 16.6 Å². The third kappa shape index (κ3) is 2.99. The quantitative estimate of drug-likeness (QED) is 0.517. The zero-order valence-corrected chi connectivity index (χ0v) is 9.00. The summed E-state index contributed by atoms with van der Waals surface area (Å²) in [4.78, 5) is 9.56. The van der Waals surface area contributed by atoms with Gasteiger partial charge in [0.1, 0.15) is 0 Å². The van der Waals surface area contributed by atoms with Gasteiger partial charge in [0, 0.05) is 10.5 Å². The van der Waals surface area contributed by atoms with Crippen molar-refractivity contribution in [1.82, 2.24) is 0 Å². The normalized spacial score (nSPS) is 11.2. The molecule has 0 aliphatic carbocycles. The van der Waals surface area contributed by atoms with Crippen LogP contribution in [-0.2, 0) is 0 Å². The minimum absolute atomic E-state index is 0.0626. The summed E-state index contributed by atoms with van der Waals surface area (Å²) in [6, 6.07) is 1.88. The third-order valence-corrected chi connectivity index (χ3v) is 1.97. The number of alkyl halides is 3. The van der Waals surface area contributed by atoms with Crippen LogP contribution in [0.3, 0.4) is 0 Å². The second-order valence-electron chi connectivity index (χ2n) is 2.64. The minimum atomic E-state index is -4.96. The van der Waals surface area contributed by atoms with Crippen LogP contribution in [0.5, 0.6) is 5.75 Å². The van der Waals surface area contributed by atoms with Gasteiger partial charge < -0.3 is 10.5 Å². The number of nitro benzene ring substituents is 1. The summed E-state index contributed by atoms with van der Waals surface area (Å²) >= 11 is 2.82. The lowest BCUT2D eigenvalue weighted by molar-refractivity contribution is -0.384. The standard InChI is InChI=1S/C7H4BrF3N2O3/c8-3-1-4(13(14)15)6(12)5(2-3)16-7(9,10)11/h1-2H,12H2. The van der Waals surface area contributed by atoms with Gasteiger partial charge in [-0.15, -0.1) is 13.2 Å². The zero-order valence-electron chi connectivity index (χ0n) is 7.42. The first kappa shape index (κ1) is 12.6. The van der Waals surface area contributed by atoms with Crippen molar-refractivity contribution in [3.05, 3.63) is 26.7 Å². The van der Waals surface area contributed by atoms with Gasteiger partial charge in [0.15, 0.2) is 11.4 Å². The molecule has 5 nitrogen and oxygen atoms in total. The van der Waals surface area contributed by atoms with E-state index in [1.807, 2.05) is 0 Å². The van der Waals surface area contributed by atoms with Crippen molar-refractivity contribution in [3.8, 4) is 5.75 Å². The molecule has 0 aliphatic rings. The maximum Gasteiger partial charge on any atom is 0.573 e. The van der Waals surface area contributed by atoms with E-state index >= 15 is 0 Å². The Morgan fingerprint density at radius 2 is 2.00 bits per heavy atom. The molecule has 2 N–H and O–H groups in total. The molecule has 0 heterocycles. The summed E-state index contributed by atoms with van der Waals surface area (Å²) in [5.74, 6) is -0.812. The molecule has 0 fully saturated rings. The van der Waals surface area contributed by atoms with Gasteiger partial charge in [-0.25, -0.2) is 0 Å². The summed E-state index contributed by atoms with van der Waals surface area (Å²) in [6.07, 6.45) is -4.96. The van der Waals surface area contributed by atoms with Gasteiger partial charge in [-0.05, 0) is 6.07 Å². The molecular weight excluding hydrogens is 297 g/mol. The maximum atomic E-state index is 11.9. The Hall–Kier alpha value is -1.51. The van der Waals surface area contributed by atoms with E-state index in [0.29, 0.717) is 0 Å². The summed E-state index contributed by atoms with van der Waals surface area (Å²) in [5.41, 5.74) is 3.84. The van der Waals surface area contributed by atoms with Crippen molar-refractivity contribution in [3.63, 3.8) is 0 Å². The van der Waals surface area contributed by atoms with Gasteiger partial charge >= 0.3 is 6.36 Å². The van der Waals surface area contributed by atoms with Gasteiger partial charge in [-0.2, -0.15) is 0 Å². The van der Waals surface area contributed by atoms with Crippen LogP contribution in [0.2, 0.25) is 0 Å². The molecule has 0 radical (unpaired) electrons. The van der Waals surface area contributed by atoms with Crippen molar-refractivity contribution in [1.29, 1.82) is 0 Å². The lowest BCUT2D eigenvalue weighted by Gasteiger charge is -2.11. The minimum Gasteiger partial charge on any atom is -0.403 e. The smallest absolute Gasteiger partial charge is 0.403 e. The lowest BCUT2D eigenvalue weighted by Crippen LogP contribution is -2.18. The molecule has 16 heavy (non-hydrogen) atoms. The first-order valence-electron chi connectivity index (χ1n) is 3.70. The largest absolute Gasteiger partial charge is 0.573 e. The van der Waals surface area contributed by atoms with Crippen molar-refractivity contribution < 1.29 is 22.8 Å². The molecule has 0 aromatic heterocycles. The van der Waals surface area contributed by atoms with Crippen LogP contribution in [0.1, 0.15) is 0 Å². The molecule has 0 amide bonds. The molecule has 1 aromatic rings. The molecule has 0 saturated heterocycles. The van der Waals surface area contributed by atoms with E-state index < -0.39 is 28.4 Å². The van der Waals surface area contributed by atoms with Gasteiger partial charge in [0.25, 0.3) is 5.69 Å². The number of nitrogen functional groups attached to an aromatic ring is 1. The van der Waals surface area contributed by atoms with Crippen LogP contribution in [0.25, 0.3) is 0 Å². The monoisotopic (exact) mass is 300 g/mol. The highest BCUT2D eigenvalue weighted by molar-refractivity contribution is 9.10. The van der Waals surface area contributed by atoms with E-state index in [2.05, 4.69) is 20.7 Å². The van der Waals surface area contributed by atoms with Crippen LogP contribution >= 0.6 is 15.9 Å². The molecular formula is C7H4BrF3N2O3. The summed E-state index contributed by atoms with van der Waals surface area (Å²) in [6.45, 7) is 0. The Morgan fingerprint density at radius 1 is 1.44 bits per heavy atom. The fraction of sp³-hybridized carbons (Fsp3) is 0.143. The van der Waals surface area contributed by atoms with Gasteiger partial charge in [-0.3, -0.25) is 10.1 Å². The average Bonchev–Trinajstić information content (AvgIpc) is 2.07. The highest BCUT2D eigenvalue weighted by Crippen LogP contribution is 2.37. The Labute approximate surface area is 95.3 Å². The SMILES string of the molecule is Nc1c(OC(F)(F)F)cc(Br)cc1[N+](=O)[O-]. The second kappa shape index (κ2) is 4.16. The Morgan fingerprint density at radius 3 is 2.44 bits per heavy atom. The first-order valence-corrected chi connectivity index (χ1v) is 4.49. The third-order valence-electron chi connectivity index (χ3n) is 1.51. The van der Waals surface area contributed by atoms with Crippen LogP contribution in [0, 0.1) is 10.1 Å². The molecule has 1 rings (SSSR count). The Bertz CT molecular complexity index is 436. The Balaban J connectivity index is 3.25. The van der Waals surface area contributed by atoms with E-state index in [0.717, 1.165) is 12.1 Å². The number of nitrogens with zero attached hydrogens (tertiary/aromatic N) is 1. The molecule has 0 spiro atoms. The van der Waals surface area contributed by atoms with E-state index in [4.69, 9.17) is 5.73 Å². The van der Waals surface area contributed by atoms with Gasteiger partial charge in [0.05, 0.1) is 4.92 Å². The van der Waals surface area contributed by atoms with E-state index in [-0.39, 0.29) is 4.47 Å². The molecule has 88 valence electrons. The Kier molecular flexibility index (Phi) is 3.27. The van der Waals surface area contributed by atoms with Crippen LogP contribution in [-0.4, -0.2) is 11.3 Å². The fourth-order valence-corrected chi connectivity index (χ4v) is 1.36. The molecule has 0 saturated carbocycles. The van der Waals surface area contributed by atoms with E-state index in [1.54, 1.807) is 0 Å². The summed E-state index contributed by atoms with van der Waals surface area (Å²) in [5, 5.41) is 10.5. The number of halogens is 4. The number of rotatable bonds is 2. The number of hydrogen-bond acceptors (Lipinski definition) is 4. The van der Waals surface area contributed by atoms with E-state index in [1.165, 1.54) is 0 Å². The van der Waals surface area contributed by atoms with Crippen molar-refractivity contribution in [2.75, 3.05) is 5.73 Å². The predicted molar refractivity (Wildman–Crippen MR) is 51.9 cm³/mol. The lowest BCUT2D eigenvalue weighted by atomic mass is 10.2. The maximum absolute atomic E-state index is 11.9. The fourth-order valence-electron chi connectivity index (χ4n) is 0.939. The summed E-state index contributed by atoms with van der Waals surface area (Å²) in [7, 11) is 0. The molecule has 0 aliphatic heterocycles. The topological polar surface area (TPSA) is 78.4 Å². The molecule has 0 unspecified atom stereocenters. The van der Waals surface area contributed by atoms with Gasteiger partial charge in [0.2, 0.25) is 0 Å². The number of anilines is 1. The number of benzene rings is 1. The summed E-state index contributed by atoms with van der Waals surface area (Å²) < 4.78 is 39.4. The van der Waals surface area contributed by atoms with Crippen LogP contribution in [0.4, 0.5) is 24.5 Å². The number of nitrogens with two attached hydrogens (primary N) is 1. The van der Waals surface area contributed by atoms with Crippen LogP contribution < -0.4 is 10.5 Å². The van der Waals surface area contributed by atoms with E-state index in [9.17, 15) is 23.3 Å². The molecule has 0 bridgehead atoms. The average molecular weight is 301 g/mol. The number of ether oxygens (including phenoxy) is 1. The van der Waals surface area contributed by atoms with Crippen molar-refractivity contribution in [2.24, 2.45) is 0 Å². The van der Waals surface area contributed by atoms with Gasteiger partial charge in [-0.1, -0.05) is 15.9 Å². The molecule has 0 atom stereocenters. The zero-order chi connectivity index (χ0) is 12.5. The predicted octanol–water partition coefficient (Wildman–Crippen LogP) is 2.84. The first-order chi connectivity index (χ1) is 7.20. The number of nitro groups is 1.